The topological polar surface area (TPSA) is 155 Å². The molecule has 3 N–H and O–H groups in total. The van der Waals surface area contributed by atoms with Crippen LogP contribution in [0.3, 0.4) is 0 Å². The maximum atomic E-state index is 13.0. The number of aromatic nitrogens is 4. The van der Waals surface area contributed by atoms with Gasteiger partial charge in [0.15, 0.2) is 5.82 Å². The molecule has 0 spiro atoms. The van der Waals surface area contributed by atoms with Crippen molar-refractivity contribution in [3.63, 3.8) is 0 Å². The molecule has 20 heteroatoms. The van der Waals surface area contributed by atoms with Gasteiger partial charge in [-0.1, -0.05) is 35.3 Å². The van der Waals surface area contributed by atoms with Crippen LogP contribution in [0.1, 0.15) is 59.2 Å². The highest BCUT2D eigenvalue weighted by Crippen LogP contribution is 2.33. The quantitative estimate of drug-likeness (QED) is 0.133. The van der Waals surface area contributed by atoms with Crippen LogP contribution < -0.4 is 16.0 Å². The van der Waals surface area contributed by atoms with E-state index >= 15 is 0 Å². The SMILES string of the molecule is CNC(=O)c1cc(NC(=O)c2cc(Br)nn2-c2ncccc2Cl)c(C)cc1C#N.O=C(NCCc1ncc(C(F)(F)F)cc1Cl)c1ccccc1C(F)(F)F. The summed E-state index contributed by atoms with van der Waals surface area (Å²) in [5.41, 5.74) is -0.978. The van der Waals surface area contributed by atoms with Crippen molar-refractivity contribution < 1.29 is 40.7 Å². The van der Waals surface area contributed by atoms with Crippen LogP contribution in [0.15, 0.2) is 77.7 Å². The van der Waals surface area contributed by atoms with E-state index in [2.05, 4.69) is 46.9 Å². The average molecular weight is 870 g/mol. The van der Waals surface area contributed by atoms with E-state index in [1.165, 1.54) is 29.9 Å². The van der Waals surface area contributed by atoms with Gasteiger partial charge in [0.2, 0.25) is 0 Å². The lowest BCUT2D eigenvalue weighted by Gasteiger charge is -2.13. The molecule has 0 saturated heterocycles. The number of alkyl halides is 6. The molecule has 0 aliphatic carbocycles. The predicted octanol–water partition coefficient (Wildman–Crippen LogP) is 8.22. The van der Waals surface area contributed by atoms with Crippen molar-refractivity contribution in [2.45, 2.75) is 25.7 Å². The minimum absolute atomic E-state index is 0.0447. The summed E-state index contributed by atoms with van der Waals surface area (Å²) in [5, 5.41) is 21.1. The van der Waals surface area contributed by atoms with E-state index in [1.54, 1.807) is 31.3 Å². The van der Waals surface area contributed by atoms with Crippen LogP contribution in [-0.2, 0) is 18.8 Å². The fraction of sp³-hybridized carbons (Fsp3) is 0.171. The normalized spacial score (nSPS) is 11.2. The number of hydrogen-bond acceptors (Lipinski definition) is 7. The second-order valence-electron chi connectivity index (χ2n) is 11.1. The first-order valence-corrected chi connectivity index (χ1v) is 17.0. The molecule has 0 fully saturated rings. The van der Waals surface area contributed by atoms with E-state index in [4.69, 9.17) is 23.2 Å². The van der Waals surface area contributed by atoms with Crippen LogP contribution in [0.5, 0.6) is 0 Å². The van der Waals surface area contributed by atoms with Crippen molar-refractivity contribution in [1.82, 2.24) is 30.4 Å². The van der Waals surface area contributed by atoms with Gasteiger partial charge >= 0.3 is 12.4 Å². The Hall–Kier alpha value is -5.51. The van der Waals surface area contributed by atoms with E-state index < -0.39 is 46.8 Å². The minimum atomic E-state index is -4.69. The van der Waals surface area contributed by atoms with Crippen LogP contribution in [0.2, 0.25) is 10.0 Å². The Morgan fingerprint density at radius 2 is 1.60 bits per heavy atom. The summed E-state index contributed by atoms with van der Waals surface area (Å²) in [4.78, 5) is 44.8. The number of benzene rings is 2. The molecule has 0 atom stereocenters. The van der Waals surface area contributed by atoms with Gasteiger partial charge in [-0.05, 0) is 70.9 Å². The molecule has 0 aliphatic heterocycles. The zero-order valence-electron chi connectivity index (χ0n) is 28.2. The largest absolute Gasteiger partial charge is 0.417 e. The van der Waals surface area contributed by atoms with Crippen LogP contribution >= 0.6 is 39.1 Å². The number of anilines is 1. The number of carbonyl (C=O) groups is 3. The Morgan fingerprint density at radius 3 is 2.22 bits per heavy atom. The second-order valence-corrected chi connectivity index (χ2v) is 12.8. The fourth-order valence-corrected chi connectivity index (χ4v) is 5.61. The molecule has 286 valence electrons. The number of nitriles is 1. The lowest BCUT2D eigenvalue weighted by atomic mass is 10.0. The number of aryl methyl sites for hydroxylation is 1. The van der Waals surface area contributed by atoms with Crippen molar-refractivity contribution >= 4 is 62.5 Å². The zero-order chi connectivity index (χ0) is 40.7. The van der Waals surface area contributed by atoms with Crippen molar-refractivity contribution in [1.29, 1.82) is 5.26 Å². The molecule has 55 heavy (non-hydrogen) atoms. The first-order valence-electron chi connectivity index (χ1n) is 15.5. The van der Waals surface area contributed by atoms with Crippen LogP contribution in [0.25, 0.3) is 5.82 Å². The first kappa shape index (κ1) is 42.2. The summed E-state index contributed by atoms with van der Waals surface area (Å²) in [5.74, 6) is -1.57. The molecule has 0 aliphatic rings. The number of amides is 3. The van der Waals surface area contributed by atoms with Gasteiger partial charge in [-0.3, -0.25) is 19.4 Å². The minimum Gasteiger partial charge on any atom is -0.355 e. The maximum absolute atomic E-state index is 13.0. The Kier molecular flexibility index (Phi) is 13.6. The van der Waals surface area contributed by atoms with Gasteiger partial charge in [0, 0.05) is 44.2 Å². The zero-order valence-corrected chi connectivity index (χ0v) is 31.3. The van der Waals surface area contributed by atoms with Crippen molar-refractivity contribution in [3.05, 3.63) is 132 Å². The molecule has 0 bridgehead atoms. The third-order valence-corrected chi connectivity index (χ3v) is 8.44. The third kappa shape index (κ3) is 10.6. The number of pyridine rings is 2. The molecule has 2 aromatic carbocycles. The van der Waals surface area contributed by atoms with E-state index in [0.717, 1.165) is 18.2 Å². The molecule has 3 aromatic heterocycles. The van der Waals surface area contributed by atoms with Gasteiger partial charge in [0.1, 0.15) is 10.3 Å². The number of rotatable bonds is 8. The smallest absolute Gasteiger partial charge is 0.355 e. The highest BCUT2D eigenvalue weighted by molar-refractivity contribution is 9.10. The Bertz CT molecular complexity index is 2290. The molecule has 0 unspecified atom stereocenters. The summed E-state index contributed by atoms with van der Waals surface area (Å²) >= 11 is 15.2. The first-order chi connectivity index (χ1) is 25.8. The van der Waals surface area contributed by atoms with Crippen LogP contribution in [-0.4, -0.2) is 51.1 Å². The third-order valence-electron chi connectivity index (χ3n) is 7.43. The number of hydrogen-bond donors (Lipinski definition) is 3. The Balaban J connectivity index is 0.000000246. The van der Waals surface area contributed by atoms with Crippen molar-refractivity contribution in [2.75, 3.05) is 18.9 Å². The standard InChI is InChI=1S/C19H14BrClN6O2.C16H11ClF6N2O/c1-10-6-11(9-22)12(18(28)23-2)7-14(10)25-19(29)15-8-16(20)26-27(15)17-13(21)4-3-5-24-17;17-12-7-9(15(18,19)20)8-25-13(12)5-6-24-14(26)10-3-1-2-4-11(10)16(21,22)23/h3-8H,1-2H3,(H,23,28)(H,25,29);1-4,7-8H,5-6H2,(H,24,26). The summed E-state index contributed by atoms with van der Waals surface area (Å²) in [6, 6.07) is 14.8. The van der Waals surface area contributed by atoms with Gasteiger partial charge in [0.25, 0.3) is 17.7 Å². The molecule has 3 heterocycles. The van der Waals surface area contributed by atoms with Gasteiger partial charge in [0.05, 0.1) is 49.6 Å². The summed E-state index contributed by atoms with van der Waals surface area (Å²) in [6.45, 7) is 1.58. The molecule has 0 saturated carbocycles. The Labute approximate surface area is 326 Å². The lowest BCUT2D eigenvalue weighted by molar-refractivity contribution is -0.138. The fourth-order valence-electron chi connectivity index (χ4n) is 4.78. The second kappa shape index (κ2) is 17.8. The molecule has 5 rings (SSSR count). The molecule has 11 nitrogen and oxygen atoms in total. The number of halogens is 9. The highest BCUT2D eigenvalue weighted by Gasteiger charge is 2.35. The molecular formula is C35H25BrCl2F6N8O3. The summed E-state index contributed by atoms with van der Waals surface area (Å²) < 4.78 is 78.0. The van der Waals surface area contributed by atoms with E-state index in [0.29, 0.717) is 39.0 Å². The highest BCUT2D eigenvalue weighted by atomic mass is 79.9. The van der Waals surface area contributed by atoms with Crippen LogP contribution in [0.4, 0.5) is 32.0 Å². The molecule has 0 radical (unpaired) electrons. The lowest BCUT2D eigenvalue weighted by Crippen LogP contribution is -2.28. The van der Waals surface area contributed by atoms with Crippen LogP contribution in [0, 0.1) is 18.3 Å². The molecule has 5 aromatic rings. The monoisotopic (exact) mass is 868 g/mol. The van der Waals surface area contributed by atoms with Gasteiger partial charge in [-0.2, -0.15) is 36.7 Å². The van der Waals surface area contributed by atoms with E-state index in [9.17, 15) is 46.0 Å². The summed E-state index contributed by atoms with van der Waals surface area (Å²) in [6.07, 6.45) is -7.19. The summed E-state index contributed by atoms with van der Waals surface area (Å²) in [7, 11) is 1.47. The van der Waals surface area contributed by atoms with E-state index in [1.807, 2.05) is 6.07 Å². The van der Waals surface area contributed by atoms with Gasteiger partial charge in [-0.25, -0.2) is 9.67 Å². The van der Waals surface area contributed by atoms with E-state index in [-0.39, 0.29) is 40.5 Å². The maximum Gasteiger partial charge on any atom is 0.417 e. The Morgan fingerprint density at radius 1 is 0.891 bits per heavy atom. The molecule has 3 amide bonds. The number of carbonyl (C=O) groups excluding carboxylic acids is 3. The number of nitrogens with zero attached hydrogens (tertiary/aromatic N) is 5. The number of nitrogens with one attached hydrogen (secondary N) is 3. The predicted molar refractivity (Wildman–Crippen MR) is 193 cm³/mol. The van der Waals surface area contributed by atoms with Crippen molar-refractivity contribution in [2.24, 2.45) is 0 Å². The van der Waals surface area contributed by atoms with Crippen molar-refractivity contribution in [3.8, 4) is 11.9 Å². The van der Waals surface area contributed by atoms with Gasteiger partial charge < -0.3 is 16.0 Å². The average Bonchev–Trinajstić information content (AvgIpc) is 3.53. The molecular weight excluding hydrogens is 845 g/mol. The van der Waals surface area contributed by atoms with Gasteiger partial charge in [-0.15, -0.1) is 0 Å².